The summed E-state index contributed by atoms with van der Waals surface area (Å²) < 4.78 is 17.0. The Morgan fingerprint density at radius 3 is 1.34 bits per heavy atom. The van der Waals surface area contributed by atoms with Crippen LogP contribution in [0.4, 0.5) is 4.39 Å². The Hall–Kier alpha value is -2.25. The molecule has 2 rings (SSSR count). The summed E-state index contributed by atoms with van der Waals surface area (Å²) in [5.74, 6) is -1.19. The molecule has 2 aromatic carbocycles. The number of benzene rings is 2. The molecule has 0 aliphatic heterocycles. The van der Waals surface area contributed by atoms with Crippen molar-refractivity contribution in [2.75, 3.05) is 12.5 Å². The van der Waals surface area contributed by atoms with Crippen LogP contribution in [0.15, 0.2) is 45.3 Å². The molecule has 2 amide bonds. The summed E-state index contributed by atoms with van der Waals surface area (Å²) in [5.41, 5.74) is 11.6. The zero-order valence-corrected chi connectivity index (χ0v) is 23.6. The van der Waals surface area contributed by atoms with Gasteiger partial charge < -0.3 is 11.5 Å². The number of carbonyl (C=O) groups excluding carboxylic acids is 4. The van der Waals surface area contributed by atoms with E-state index in [9.17, 15) is 23.6 Å². The molecule has 188 valence electrons. The molecule has 2 aromatic rings. The zero-order chi connectivity index (χ0) is 29.0. The second kappa shape index (κ2) is 22.2. The van der Waals surface area contributed by atoms with Crippen molar-refractivity contribution in [1.29, 1.82) is 10.5 Å². The molecule has 15 heteroatoms. The molecule has 0 aromatic heterocycles. The Morgan fingerprint density at radius 2 is 1.11 bits per heavy atom. The van der Waals surface area contributed by atoms with Crippen molar-refractivity contribution in [2.24, 2.45) is 11.5 Å². The van der Waals surface area contributed by atoms with Crippen molar-refractivity contribution in [3.63, 3.8) is 0 Å². The van der Waals surface area contributed by atoms with Crippen molar-refractivity contribution in [3.8, 4) is 12.1 Å². The number of amides is 2. The zero-order valence-electron chi connectivity index (χ0n) is 18.4. The molecule has 0 atom stereocenters. The summed E-state index contributed by atoms with van der Waals surface area (Å²) in [6.45, 7) is 0. The Labute approximate surface area is 238 Å². The molecule has 0 radical (unpaired) electrons. The van der Waals surface area contributed by atoms with Crippen LogP contribution in [0.5, 0.6) is 0 Å². The maximum absolute atomic E-state index is 10.8. The third-order valence-electron chi connectivity index (χ3n) is 2.78. The maximum atomic E-state index is 10.8. The van der Waals surface area contributed by atoms with E-state index in [2.05, 4.69) is 55.1 Å². The van der Waals surface area contributed by atoms with Gasteiger partial charge in [0, 0.05) is 20.1 Å². The summed E-state index contributed by atoms with van der Waals surface area (Å²) in [6, 6.07) is 13.2. The van der Waals surface area contributed by atoms with E-state index in [1.807, 2.05) is 12.1 Å². The molecule has 0 fully saturated rings. The Balaban J connectivity index is -0.000000427. The largest absolute Gasteiger partial charge is 0.366 e. The van der Waals surface area contributed by atoms with E-state index in [1.165, 1.54) is 18.2 Å². The van der Waals surface area contributed by atoms with E-state index in [1.54, 1.807) is 18.2 Å². The molecule has 0 spiro atoms. The summed E-state index contributed by atoms with van der Waals surface area (Å²) in [5, 5.41) is 13.7. The van der Waals surface area contributed by atoms with Crippen LogP contribution in [0.25, 0.3) is 0 Å². The first-order valence-electron chi connectivity index (χ1n) is 8.70. The number of alkyl halides is 3. The number of hydrogen-bond donors (Lipinski definition) is 2. The van der Waals surface area contributed by atoms with E-state index in [4.69, 9.17) is 46.6 Å². The summed E-state index contributed by atoms with van der Waals surface area (Å²) in [7, 11) is 0.500. The van der Waals surface area contributed by atoms with Crippen LogP contribution in [0.2, 0.25) is 0 Å². The van der Waals surface area contributed by atoms with Gasteiger partial charge in [-0.2, -0.15) is 10.5 Å². The predicted molar refractivity (Wildman–Crippen MR) is 140 cm³/mol. The average molecular weight is 697 g/mol. The first-order valence-corrected chi connectivity index (χ1v) is 11.3. The third-order valence-corrected chi connectivity index (χ3v) is 4.13. The molecule has 8 nitrogen and oxygen atoms in total. The summed E-state index contributed by atoms with van der Waals surface area (Å²) >= 11 is 24.7. The van der Waals surface area contributed by atoms with Crippen molar-refractivity contribution >= 4 is 101 Å². The third kappa shape index (κ3) is 19.7. The summed E-state index contributed by atoms with van der Waals surface area (Å²) in [6.07, 6.45) is 0. The Morgan fingerprint density at radius 1 is 0.829 bits per heavy atom. The monoisotopic (exact) mass is 693 g/mol. The molecule has 0 aliphatic carbocycles. The van der Waals surface area contributed by atoms with E-state index in [0.29, 0.717) is 22.8 Å². The van der Waals surface area contributed by atoms with Crippen LogP contribution in [0, 0.1) is 22.7 Å². The normalized spacial score (nSPS) is 8.71. The van der Waals surface area contributed by atoms with Crippen molar-refractivity contribution in [1.82, 2.24) is 0 Å². The van der Waals surface area contributed by atoms with Crippen LogP contribution in [-0.4, -0.2) is 34.8 Å². The topological polar surface area (TPSA) is 168 Å². The van der Waals surface area contributed by atoms with Gasteiger partial charge in [0.25, 0.3) is 0 Å². The van der Waals surface area contributed by atoms with E-state index < -0.39 is 27.6 Å². The molecular formula is C20H15Br2Cl4FN4O4. The highest BCUT2D eigenvalue weighted by Gasteiger charge is 2.07. The lowest BCUT2D eigenvalue weighted by atomic mass is 10.1. The van der Waals surface area contributed by atoms with Gasteiger partial charge in [0.15, 0.2) is 0 Å². The molecule has 0 aliphatic rings. The molecule has 0 heterocycles. The summed E-state index contributed by atoms with van der Waals surface area (Å²) in [4.78, 5) is 40.4. The Kier molecular flexibility index (Phi) is 22.2. The number of nitrogens with zero attached hydrogens (tertiary/aromatic N) is 2. The number of halogens is 7. The van der Waals surface area contributed by atoms with E-state index in [-0.39, 0.29) is 11.1 Å². The van der Waals surface area contributed by atoms with Crippen LogP contribution in [0.3, 0.4) is 0 Å². The van der Waals surface area contributed by atoms with Gasteiger partial charge in [-0.15, -0.1) is 23.2 Å². The standard InChI is InChI=1S/C8H7BrN2O2.C8H3BrN2.C2Cl2O2.CH2Cl2.CH3F/c9-6-2-4(7(10)12)1-5(3-6)8(11)13;9-8-2-6(4-10)1-7(3-8)5-11;3-1(5)2(4)6;2-1-3;1-2/h1-3H,(H2,10,12)(H2,11,13);1-3H;;1H2;1H3/i;;;1D;. The molecular weight excluding hydrogens is 681 g/mol. The molecule has 4 N–H and O–H groups in total. The highest BCUT2D eigenvalue weighted by Crippen LogP contribution is 2.15. The molecule has 0 saturated carbocycles. The Bertz CT molecular complexity index is 1070. The van der Waals surface area contributed by atoms with Gasteiger partial charge in [0.05, 0.1) is 37.1 Å². The molecule has 35 heavy (non-hydrogen) atoms. The number of carbonyl (C=O) groups is 4. The SMILES string of the molecule is CF.N#Cc1cc(Br)cc(C#N)c1.NC(=O)c1cc(Br)cc(C(N)=O)c1.O=C(Cl)C(=O)Cl.[2H]C(Cl)Cl. The van der Waals surface area contributed by atoms with Gasteiger partial charge in [0.2, 0.25) is 11.8 Å². The number of rotatable bonds is 3. The minimum Gasteiger partial charge on any atom is -0.366 e. The van der Waals surface area contributed by atoms with Gasteiger partial charge in [-0.3, -0.25) is 23.6 Å². The number of nitriles is 2. The smallest absolute Gasteiger partial charge is 0.304 e. The molecule has 0 saturated heterocycles. The predicted octanol–water partition coefficient (Wildman–Crippen LogP) is 5.36. The lowest BCUT2D eigenvalue weighted by molar-refractivity contribution is -0.127. The average Bonchev–Trinajstić information content (AvgIpc) is 2.79. The van der Waals surface area contributed by atoms with Crippen LogP contribution in [-0.2, 0) is 9.59 Å². The van der Waals surface area contributed by atoms with Gasteiger partial charge >= 0.3 is 10.5 Å². The fourth-order valence-corrected chi connectivity index (χ4v) is 2.58. The maximum Gasteiger partial charge on any atom is 0.304 e. The van der Waals surface area contributed by atoms with Crippen LogP contribution >= 0.6 is 78.3 Å². The van der Waals surface area contributed by atoms with E-state index in [0.717, 1.165) is 4.47 Å². The highest BCUT2D eigenvalue weighted by atomic mass is 79.9. The number of primary amides is 2. The van der Waals surface area contributed by atoms with Crippen molar-refractivity contribution in [3.05, 3.63) is 67.6 Å². The van der Waals surface area contributed by atoms with Crippen LogP contribution in [0.1, 0.15) is 33.2 Å². The number of nitrogens with two attached hydrogens (primary N) is 2. The van der Waals surface area contributed by atoms with Gasteiger partial charge in [0.1, 0.15) is 0 Å². The van der Waals surface area contributed by atoms with Gasteiger partial charge in [-0.05, 0) is 59.6 Å². The lowest BCUT2D eigenvalue weighted by Gasteiger charge is -2.00. The second-order valence-corrected chi connectivity index (χ2v) is 8.22. The molecule has 0 bridgehead atoms. The highest BCUT2D eigenvalue weighted by molar-refractivity contribution is 9.10. The van der Waals surface area contributed by atoms with Crippen molar-refractivity contribution in [2.45, 2.75) is 0 Å². The molecule has 0 unspecified atom stereocenters. The lowest BCUT2D eigenvalue weighted by Crippen LogP contribution is -2.15. The van der Waals surface area contributed by atoms with Gasteiger partial charge in [-0.1, -0.05) is 31.9 Å². The first kappa shape index (κ1) is 34.9. The minimum absolute atomic E-state index is 0.253. The van der Waals surface area contributed by atoms with E-state index >= 15 is 0 Å². The minimum atomic E-state index is -1.14. The van der Waals surface area contributed by atoms with Crippen LogP contribution < -0.4 is 11.5 Å². The second-order valence-electron chi connectivity index (χ2n) is 5.04. The fourth-order valence-electron chi connectivity index (χ4n) is 1.59. The number of hydrogen-bond acceptors (Lipinski definition) is 6. The first-order chi connectivity index (χ1) is 16.6. The fraction of sp³-hybridized carbons (Fsp3) is 0.100. The quantitative estimate of drug-likeness (QED) is 0.249. The van der Waals surface area contributed by atoms with Gasteiger partial charge in [-0.25, -0.2) is 0 Å². The van der Waals surface area contributed by atoms with Crippen molar-refractivity contribution < 1.29 is 24.9 Å².